The van der Waals surface area contributed by atoms with Crippen molar-refractivity contribution in [2.45, 2.75) is 25.8 Å². The van der Waals surface area contributed by atoms with Gasteiger partial charge in [0.2, 0.25) is 11.7 Å². The summed E-state index contributed by atoms with van der Waals surface area (Å²) < 4.78 is 15.8. The first-order chi connectivity index (χ1) is 9.86. The summed E-state index contributed by atoms with van der Waals surface area (Å²) >= 11 is 0. The van der Waals surface area contributed by atoms with Crippen LogP contribution in [-0.2, 0) is 11.2 Å². The standard InChI is InChI=1S/C15H24N2O4.ClH/c1-15(2,9-16)17-13(18)8-10-6-11(19-3)14(21-5)12(7-10)20-4;/h6-7H,8-9,16H2,1-5H3,(H,17,18);1H. The fraction of sp³-hybridized carbons (Fsp3) is 0.533. The summed E-state index contributed by atoms with van der Waals surface area (Å²) in [6, 6.07) is 3.52. The van der Waals surface area contributed by atoms with Crippen LogP contribution in [0, 0.1) is 0 Å². The highest BCUT2D eigenvalue weighted by molar-refractivity contribution is 5.85. The molecule has 0 radical (unpaired) electrons. The highest BCUT2D eigenvalue weighted by atomic mass is 35.5. The van der Waals surface area contributed by atoms with Gasteiger partial charge < -0.3 is 25.3 Å². The van der Waals surface area contributed by atoms with E-state index >= 15 is 0 Å². The summed E-state index contributed by atoms with van der Waals surface area (Å²) in [6.07, 6.45) is 0.208. The molecule has 0 bridgehead atoms. The number of halogens is 1. The largest absolute Gasteiger partial charge is 0.493 e. The fourth-order valence-corrected chi connectivity index (χ4v) is 1.90. The molecule has 0 fully saturated rings. The van der Waals surface area contributed by atoms with Crippen LogP contribution in [0.15, 0.2) is 12.1 Å². The highest BCUT2D eigenvalue weighted by Crippen LogP contribution is 2.38. The smallest absolute Gasteiger partial charge is 0.224 e. The van der Waals surface area contributed by atoms with E-state index in [1.807, 2.05) is 13.8 Å². The van der Waals surface area contributed by atoms with Crippen LogP contribution >= 0.6 is 12.4 Å². The fourth-order valence-electron chi connectivity index (χ4n) is 1.90. The van der Waals surface area contributed by atoms with Gasteiger partial charge in [-0.25, -0.2) is 0 Å². The van der Waals surface area contributed by atoms with Gasteiger partial charge in [0.05, 0.1) is 27.8 Å². The van der Waals surface area contributed by atoms with E-state index in [1.54, 1.807) is 26.4 Å². The molecule has 0 saturated carbocycles. The number of nitrogens with two attached hydrogens (primary N) is 1. The maximum Gasteiger partial charge on any atom is 0.224 e. The zero-order chi connectivity index (χ0) is 16.0. The number of benzene rings is 1. The van der Waals surface area contributed by atoms with Crippen molar-refractivity contribution < 1.29 is 19.0 Å². The molecule has 1 aromatic rings. The molecule has 0 saturated heterocycles. The molecule has 1 aromatic carbocycles. The van der Waals surface area contributed by atoms with Crippen molar-refractivity contribution in [1.82, 2.24) is 5.32 Å². The number of hydrogen-bond donors (Lipinski definition) is 2. The summed E-state index contributed by atoms with van der Waals surface area (Å²) in [6.45, 7) is 4.12. The number of ether oxygens (including phenoxy) is 3. The summed E-state index contributed by atoms with van der Waals surface area (Å²) in [5.41, 5.74) is 5.95. The van der Waals surface area contributed by atoms with Crippen molar-refractivity contribution >= 4 is 18.3 Å². The third kappa shape index (κ3) is 5.27. The molecule has 7 heteroatoms. The lowest BCUT2D eigenvalue weighted by Crippen LogP contribution is -2.49. The van der Waals surface area contributed by atoms with E-state index in [0.29, 0.717) is 23.8 Å². The van der Waals surface area contributed by atoms with Gasteiger partial charge in [-0.15, -0.1) is 12.4 Å². The van der Waals surface area contributed by atoms with Crippen molar-refractivity contribution in [2.24, 2.45) is 5.73 Å². The average Bonchev–Trinajstić information content (AvgIpc) is 2.45. The van der Waals surface area contributed by atoms with Crippen molar-refractivity contribution in [2.75, 3.05) is 27.9 Å². The Morgan fingerprint density at radius 2 is 1.64 bits per heavy atom. The van der Waals surface area contributed by atoms with Crippen LogP contribution in [0.2, 0.25) is 0 Å². The van der Waals surface area contributed by atoms with Crippen LogP contribution < -0.4 is 25.3 Å². The van der Waals surface area contributed by atoms with Gasteiger partial charge in [-0.2, -0.15) is 0 Å². The lowest BCUT2D eigenvalue weighted by molar-refractivity contribution is -0.121. The predicted molar refractivity (Wildman–Crippen MR) is 88.3 cm³/mol. The summed E-state index contributed by atoms with van der Waals surface area (Å²) in [4.78, 5) is 12.1. The van der Waals surface area contributed by atoms with Gasteiger partial charge in [-0.1, -0.05) is 0 Å². The molecule has 1 rings (SSSR count). The Bertz CT molecular complexity index is 481. The first-order valence-electron chi connectivity index (χ1n) is 6.66. The molecule has 6 nitrogen and oxygen atoms in total. The van der Waals surface area contributed by atoms with E-state index in [2.05, 4.69) is 5.32 Å². The molecule has 0 heterocycles. The van der Waals surface area contributed by atoms with Gasteiger partial charge >= 0.3 is 0 Å². The van der Waals surface area contributed by atoms with Crippen LogP contribution in [0.4, 0.5) is 0 Å². The second-order valence-electron chi connectivity index (χ2n) is 5.35. The number of rotatable bonds is 7. The first kappa shape index (κ1) is 20.3. The van der Waals surface area contributed by atoms with Crippen molar-refractivity contribution in [3.05, 3.63) is 17.7 Å². The van der Waals surface area contributed by atoms with E-state index in [9.17, 15) is 4.79 Å². The molecule has 0 aromatic heterocycles. The highest BCUT2D eigenvalue weighted by Gasteiger charge is 2.20. The quantitative estimate of drug-likeness (QED) is 0.791. The molecule has 3 N–H and O–H groups in total. The lowest BCUT2D eigenvalue weighted by Gasteiger charge is -2.24. The third-order valence-corrected chi connectivity index (χ3v) is 3.08. The molecule has 22 heavy (non-hydrogen) atoms. The number of amides is 1. The van der Waals surface area contributed by atoms with Gasteiger partial charge in [0, 0.05) is 12.1 Å². The number of nitrogens with one attached hydrogen (secondary N) is 1. The average molecular weight is 333 g/mol. The Morgan fingerprint density at radius 3 is 2.00 bits per heavy atom. The maximum atomic E-state index is 12.1. The molecular weight excluding hydrogens is 308 g/mol. The molecule has 0 atom stereocenters. The molecule has 0 unspecified atom stereocenters. The van der Waals surface area contributed by atoms with Crippen LogP contribution in [0.25, 0.3) is 0 Å². The monoisotopic (exact) mass is 332 g/mol. The molecule has 0 aliphatic heterocycles. The van der Waals surface area contributed by atoms with Gasteiger partial charge in [-0.3, -0.25) is 4.79 Å². The number of hydrogen-bond acceptors (Lipinski definition) is 5. The van der Waals surface area contributed by atoms with E-state index in [1.165, 1.54) is 7.11 Å². The minimum Gasteiger partial charge on any atom is -0.493 e. The third-order valence-electron chi connectivity index (χ3n) is 3.08. The Balaban J connectivity index is 0.00000441. The molecular formula is C15H25ClN2O4. The Kier molecular flexibility index (Phi) is 8.05. The number of methoxy groups -OCH3 is 3. The Hall–Kier alpha value is -1.66. The Morgan fingerprint density at radius 1 is 1.14 bits per heavy atom. The van der Waals surface area contributed by atoms with E-state index < -0.39 is 5.54 Å². The van der Waals surface area contributed by atoms with Crippen molar-refractivity contribution in [3.8, 4) is 17.2 Å². The Labute approximate surface area is 137 Å². The summed E-state index contributed by atoms with van der Waals surface area (Å²) in [7, 11) is 4.62. The minimum atomic E-state index is -0.433. The summed E-state index contributed by atoms with van der Waals surface area (Å²) in [5.74, 6) is 1.45. The van der Waals surface area contributed by atoms with Crippen molar-refractivity contribution in [3.63, 3.8) is 0 Å². The normalized spacial score (nSPS) is 10.5. The minimum absolute atomic E-state index is 0. The summed E-state index contributed by atoms with van der Waals surface area (Å²) in [5, 5.41) is 2.88. The molecule has 0 aliphatic carbocycles. The second-order valence-corrected chi connectivity index (χ2v) is 5.35. The zero-order valence-electron chi connectivity index (χ0n) is 13.7. The molecule has 126 valence electrons. The molecule has 1 amide bonds. The predicted octanol–water partition coefficient (Wildman–Crippen LogP) is 1.53. The molecule has 0 aliphatic rings. The lowest BCUT2D eigenvalue weighted by atomic mass is 10.0. The van der Waals surface area contributed by atoms with Crippen molar-refractivity contribution in [1.29, 1.82) is 0 Å². The second kappa shape index (κ2) is 8.70. The van der Waals surface area contributed by atoms with Gasteiger partial charge in [-0.05, 0) is 31.5 Å². The topological polar surface area (TPSA) is 82.8 Å². The van der Waals surface area contributed by atoms with Crippen LogP contribution in [0.3, 0.4) is 0 Å². The van der Waals surface area contributed by atoms with Crippen LogP contribution in [-0.4, -0.2) is 39.3 Å². The van der Waals surface area contributed by atoms with Crippen LogP contribution in [0.5, 0.6) is 17.2 Å². The van der Waals surface area contributed by atoms with E-state index in [-0.39, 0.29) is 24.7 Å². The van der Waals surface area contributed by atoms with E-state index in [0.717, 1.165) is 5.56 Å². The zero-order valence-corrected chi connectivity index (χ0v) is 14.5. The maximum absolute atomic E-state index is 12.1. The van der Waals surface area contributed by atoms with Gasteiger partial charge in [0.1, 0.15) is 0 Å². The first-order valence-corrected chi connectivity index (χ1v) is 6.66. The molecule has 0 spiro atoms. The van der Waals surface area contributed by atoms with Gasteiger partial charge in [0.25, 0.3) is 0 Å². The van der Waals surface area contributed by atoms with Gasteiger partial charge in [0.15, 0.2) is 11.5 Å². The SMILES string of the molecule is COc1cc(CC(=O)NC(C)(C)CN)cc(OC)c1OC.Cl. The number of carbonyl (C=O) groups is 1. The van der Waals surface area contributed by atoms with Crippen LogP contribution in [0.1, 0.15) is 19.4 Å². The number of carbonyl (C=O) groups excluding carboxylic acids is 1. The van der Waals surface area contributed by atoms with E-state index in [4.69, 9.17) is 19.9 Å².